The van der Waals surface area contributed by atoms with Crippen LogP contribution in [0, 0.1) is 0 Å². The number of aliphatic carboxylic acids is 1. The van der Waals surface area contributed by atoms with Crippen LogP contribution in [0.15, 0.2) is 29.6 Å². The Morgan fingerprint density at radius 3 is 2.47 bits per heavy atom. The molecule has 0 aliphatic rings. The molecule has 2 aromatic rings. The molecule has 2 rings (SSSR count). The number of anilines is 2. The zero-order valence-corrected chi connectivity index (χ0v) is 14.4. The van der Waals surface area contributed by atoms with Crippen molar-refractivity contribution in [1.29, 1.82) is 0 Å². The van der Waals surface area contributed by atoms with Gasteiger partial charge in [-0.1, -0.05) is 29.3 Å². The molecule has 0 radical (unpaired) electrons. The fourth-order valence-corrected chi connectivity index (χ4v) is 2.78. The summed E-state index contributed by atoms with van der Waals surface area (Å²) in [6.07, 6.45) is -0.137. The Kier molecular flexibility index (Phi) is 6.66. The van der Waals surface area contributed by atoms with Crippen LogP contribution in [0.25, 0.3) is 0 Å². The van der Waals surface area contributed by atoms with Crippen molar-refractivity contribution in [2.24, 2.45) is 0 Å². The van der Waals surface area contributed by atoms with Crippen LogP contribution in [0.5, 0.6) is 0 Å². The van der Waals surface area contributed by atoms with E-state index in [1.54, 1.807) is 29.6 Å². The monoisotopic (exact) mass is 323 g/mol. The second-order valence-electron chi connectivity index (χ2n) is 3.53. The van der Waals surface area contributed by atoms with Gasteiger partial charge in [0.05, 0.1) is 21.4 Å². The van der Waals surface area contributed by atoms with E-state index in [0.717, 1.165) is 0 Å². The minimum Gasteiger partial charge on any atom is -0.550 e. The van der Waals surface area contributed by atoms with Gasteiger partial charge in [-0.2, -0.15) is 0 Å². The topological polar surface area (TPSA) is 52.2 Å². The van der Waals surface area contributed by atoms with Crippen LogP contribution in [-0.4, -0.2) is 5.97 Å². The van der Waals surface area contributed by atoms with Gasteiger partial charge in [-0.15, -0.1) is 11.3 Å². The Labute approximate surface area is 146 Å². The predicted molar refractivity (Wildman–Crippen MR) is 72.8 cm³/mol. The SMILES string of the molecule is O=C([O-])Cc1sccc1Nc1c(Cl)cccc1Cl.[Na+]. The molecule has 19 heavy (non-hydrogen) atoms. The summed E-state index contributed by atoms with van der Waals surface area (Å²) in [5, 5.41) is 16.4. The molecule has 94 valence electrons. The number of hydrogen-bond acceptors (Lipinski definition) is 4. The van der Waals surface area contributed by atoms with E-state index in [0.29, 0.717) is 26.3 Å². The smallest absolute Gasteiger partial charge is 0.550 e. The number of thiophene rings is 1. The maximum absolute atomic E-state index is 10.6. The largest absolute Gasteiger partial charge is 1.00 e. The molecular formula is C12H8Cl2NNaO2S. The maximum atomic E-state index is 10.6. The molecular weight excluding hydrogens is 316 g/mol. The molecule has 0 aliphatic heterocycles. The Morgan fingerprint density at radius 1 is 1.26 bits per heavy atom. The molecule has 1 aromatic heterocycles. The minimum absolute atomic E-state index is 0. The van der Waals surface area contributed by atoms with E-state index in [2.05, 4.69) is 5.32 Å². The second kappa shape index (κ2) is 7.53. The van der Waals surface area contributed by atoms with Gasteiger partial charge in [-0.3, -0.25) is 0 Å². The van der Waals surface area contributed by atoms with Gasteiger partial charge >= 0.3 is 29.6 Å². The number of nitrogens with one attached hydrogen (secondary N) is 1. The van der Waals surface area contributed by atoms with E-state index in [9.17, 15) is 9.90 Å². The number of rotatable bonds is 4. The molecule has 0 aliphatic carbocycles. The summed E-state index contributed by atoms with van der Waals surface area (Å²) >= 11 is 13.4. The van der Waals surface area contributed by atoms with Gasteiger partial charge in [-0.05, 0) is 23.6 Å². The molecule has 7 heteroatoms. The van der Waals surface area contributed by atoms with Gasteiger partial charge in [0.25, 0.3) is 0 Å². The van der Waals surface area contributed by atoms with Crippen LogP contribution in [0.3, 0.4) is 0 Å². The average Bonchev–Trinajstić information content (AvgIpc) is 2.70. The molecule has 0 amide bonds. The second-order valence-corrected chi connectivity index (χ2v) is 5.34. The summed E-state index contributed by atoms with van der Waals surface area (Å²) in [6, 6.07) is 6.94. The Bertz CT molecular complexity index is 569. The first-order valence-corrected chi connectivity index (χ1v) is 6.68. The van der Waals surface area contributed by atoms with Gasteiger partial charge in [0, 0.05) is 17.3 Å². The molecule has 0 saturated carbocycles. The number of benzene rings is 1. The van der Waals surface area contributed by atoms with Crippen molar-refractivity contribution < 1.29 is 39.5 Å². The van der Waals surface area contributed by atoms with Gasteiger partial charge < -0.3 is 15.2 Å². The van der Waals surface area contributed by atoms with E-state index in [-0.39, 0.29) is 36.0 Å². The molecule has 0 atom stereocenters. The van der Waals surface area contributed by atoms with Crippen LogP contribution in [0.2, 0.25) is 10.0 Å². The van der Waals surface area contributed by atoms with Crippen molar-refractivity contribution in [3.05, 3.63) is 44.6 Å². The number of carboxylic acids is 1. The first-order chi connectivity index (χ1) is 8.58. The average molecular weight is 324 g/mol. The first kappa shape index (κ1) is 16.8. The number of hydrogen-bond donors (Lipinski definition) is 1. The number of carbonyl (C=O) groups excluding carboxylic acids is 1. The van der Waals surface area contributed by atoms with Crippen molar-refractivity contribution in [2.45, 2.75) is 6.42 Å². The van der Waals surface area contributed by atoms with E-state index < -0.39 is 5.97 Å². The summed E-state index contributed by atoms with van der Waals surface area (Å²) < 4.78 is 0. The van der Waals surface area contributed by atoms with Crippen molar-refractivity contribution in [3.8, 4) is 0 Å². The van der Waals surface area contributed by atoms with E-state index in [1.165, 1.54) is 11.3 Å². The fourth-order valence-electron chi connectivity index (χ4n) is 1.47. The summed E-state index contributed by atoms with van der Waals surface area (Å²) in [4.78, 5) is 11.3. The predicted octanol–water partition coefficient (Wildman–Crippen LogP) is 0.0949. The molecule has 3 nitrogen and oxygen atoms in total. The van der Waals surface area contributed by atoms with Gasteiger partial charge in [0.1, 0.15) is 0 Å². The number of halogens is 2. The van der Waals surface area contributed by atoms with E-state index >= 15 is 0 Å². The summed E-state index contributed by atoms with van der Waals surface area (Å²) in [5.74, 6) is -1.12. The third kappa shape index (κ3) is 4.38. The molecule has 0 unspecified atom stereocenters. The fraction of sp³-hybridized carbons (Fsp3) is 0.0833. The van der Waals surface area contributed by atoms with Gasteiger partial charge in [-0.25, -0.2) is 0 Å². The Morgan fingerprint density at radius 2 is 1.89 bits per heavy atom. The van der Waals surface area contributed by atoms with Crippen LogP contribution < -0.4 is 40.0 Å². The van der Waals surface area contributed by atoms with Crippen LogP contribution in [0.1, 0.15) is 4.88 Å². The Balaban J connectivity index is 0.00000180. The van der Waals surface area contributed by atoms with E-state index in [4.69, 9.17) is 23.2 Å². The van der Waals surface area contributed by atoms with Gasteiger partial charge in [0.2, 0.25) is 0 Å². The maximum Gasteiger partial charge on any atom is 1.00 e. The standard InChI is InChI=1S/C12H9Cl2NO2S.Na/c13-7-2-1-3-8(14)12(7)15-9-4-5-18-10(9)6-11(16)17;/h1-5,15H,6H2,(H,16,17);/q;+1/p-1. The molecule has 0 saturated heterocycles. The Hall–Kier alpha value is -0.230. The van der Waals surface area contributed by atoms with Crippen molar-refractivity contribution in [3.63, 3.8) is 0 Å². The normalized spacial score (nSPS) is 9.79. The molecule has 0 spiro atoms. The van der Waals surface area contributed by atoms with Crippen molar-refractivity contribution in [1.82, 2.24) is 0 Å². The molecule has 0 bridgehead atoms. The quantitative estimate of drug-likeness (QED) is 0.812. The van der Waals surface area contributed by atoms with Crippen LogP contribution in [0.4, 0.5) is 11.4 Å². The van der Waals surface area contributed by atoms with Crippen molar-refractivity contribution >= 4 is 51.9 Å². The van der Waals surface area contributed by atoms with E-state index in [1.807, 2.05) is 0 Å². The molecule has 1 aromatic carbocycles. The third-order valence-electron chi connectivity index (χ3n) is 2.27. The first-order valence-electron chi connectivity index (χ1n) is 5.05. The van der Waals surface area contributed by atoms with Crippen LogP contribution >= 0.6 is 34.5 Å². The van der Waals surface area contributed by atoms with Gasteiger partial charge in [0.15, 0.2) is 0 Å². The summed E-state index contributed by atoms with van der Waals surface area (Å²) in [7, 11) is 0. The number of carboxylic acid groups (broad SMARTS) is 1. The molecule has 0 fully saturated rings. The van der Waals surface area contributed by atoms with Crippen LogP contribution in [-0.2, 0) is 11.2 Å². The molecule has 1 heterocycles. The van der Waals surface area contributed by atoms with Crippen molar-refractivity contribution in [2.75, 3.05) is 5.32 Å². The summed E-state index contributed by atoms with van der Waals surface area (Å²) in [5.41, 5.74) is 1.25. The zero-order chi connectivity index (χ0) is 13.1. The number of para-hydroxylation sites is 1. The minimum atomic E-state index is -1.12. The summed E-state index contributed by atoms with van der Waals surface area (Å²) in [6.45, 7) is 0. The third-order valence-corrected chi connectivity index (χ3v) is 3.82. The molecule has 1 N–H and O–H groups in total. The number of carbonyl (C=O) groups is 1. The zero-order valence-electron chi connectivity index (χ0n) is 10.1.